The Morgan fingerprint density at radius 3 is 2.53 bits per heavy atom. The molecule has 0 bridgehead atoms. The van der Waals surface area contributed by atoms with Crippen LogP contribution in [0.15, 0.2) is 0 Å². The molecule has 1 rings (SSSR count). The van der Waals surface area contributed by atoms with Crippen LogP contribution in [0.4, 0.5) is 0 Å². The van der Waals surface area contributed by atoms with Crippen molar-refractivity contribution in [2.75, 3.05) is 6.54 Å². The van der Waals surface area contributed by atoms with E-state index in [4.69, 9.17) is 5.73 Å². The third kappa shape index (κ3) is 2.94. The molecule has 1 saturated carbocycles. The Morgan fingerprint density at radius 1 is 1.53 bits per heavy atom. The van der Waals surface area contributed by atoms with Crippen molar-refractivity contribution in [3.63, 3.8) is 0 Å². The van der Waals surface area contributed by atoms with Crippen molar-refractivity contribution in [1.82, 2.24) is 5.32 Å². The molecule has 1 unspecified atom stereocenters. The quantitative estimate of drug-likeness (QED) is 0.744. The lowest BCUT2D eigenvalue weighted by Crippen LogP contribution is -2.46. The second-order valence-corrected chi connectivity index (χ2v) is 6.06. The average Bonchev–Trinajstić information content (AvgIpc) is 2.41. The Hall–Kier alpha value is -0.570. The first-order chi connectivity index (χ1) is 6.76. The third-order valence-corrected chi connectivity index (χ3v) is 3.71. The van der Waals surface area contributed by atoms with Gasteiger partial charge in [-0.05, 0) is 32.1 Å². The minimum atomic E-state index is -0.446. The monoisotopic (exact) mass is 212 g/mol. The number of nitrogens with two attached hydrogens (primary N) is 1. The van der Waals surface area contributed by atoms with Crippen molar-refractivity contribution < 1.29 is 4.79 Å². The summed E-state index contributed by atoms with van der Waals surface area (Å²) in [6, 6.07) is 0.524. The van der Waals surface area contributed by atoms with E-state index >= 15 is 0 Å². The Balaban J connectivity index is 2.47. The fourth-order valence-corrected chi connectivity index (χ4v) is 2.17. The maximum atomic E-state index is 11.2. The molecular weight excluding hydrogens is 188 g/mol. The van der Waals surface area contributed by atoms with Gasteiger partial charge in [-0.25, -0.2) is 0 Å². The molecule has 0 radical (unpaired) electrons. The van der Waals surface area contributed by atoms with Gasteiger partial charge in [0, 0.05) is 12.6 Å². The van der Waals surface area contributed by atoms with Crippen molar-refractivity contribution in [2.24, 2.45) is 16.6 Å². The molecule has 3 nitrogen and oxygen atoms in total. The average molecular weight is 212 g/mol. The predicted molar refractivity (Wildman–Crippen MR) is 62.4 cm³/mol. The zero-order valence-electron chi connectivity index (χ0n) is 10.4. The Labute approximate surface area is 92.8 Å². The van der Waals surface area contributed by atoms with Gasteiger partial charge in [0.05, 0.1) is 5.41 Å². The summed E-state index contributed by atoms with van der Waals surface area (Å²) in [7, 11) is 0. The van der Waals surface area contributed by atoms with Crippen LogP contribution in [0.5, 0.6) is 0 Å². The number of rotatable bonds is 4. The molecule has 1 atom stereocenters. The van der Waals surface area contributed by atoms with E-state index in [1.54, 1.807) is 0 Å². The van der Waals surface area contributed by atoms with Crippen molar-refractivity contribution in [3.05, 3.63) is 0 Å². The Bertz CT molecular complexity index is 246. The van der Waals surface area contributed by atoms with Crippen LogP contribution in [0.1, 0.15) is 47.0 Å². The molecule has 3 N–H and O–H groups in total. The minimum Gasteiger partial charge on any atom is -0.369 e. The summed E-state index contributed by atoms with van der Waals surface area (Å²) in [5, 5.41) is 3.49. The van der Waals surface area contributed by atoms with Gasteiger partial charge in [0.15, 0.2) is 0 Å². The molecule has 1 amide bonds. The summed E-state index contributed by atoms with van der Waals surface area (Å²) < 4.78 is 0. The zero-order valence-corrected chi connectivity index (χ0v) is 10.4. The van der Waals surface area contributed by atoms with E-state index in [9.17, 15) is 4.79 Å². The van der Waals surface area contributed by atoms with Crippen LogP contribution in [0.2, 0.25) is 0 Å². The van der Waals surface area contributed by atoms with Crippen molar-refractivity contribution >= 4 is 5.91 Å². The van der Waals surface area contributed by atoms with E-state index < -0.39 is 5.41 Å². The fourth-order valence-electron chi connectivity index (χ4n) is 2.17. The number of hydrogen-bond acceptors (Lipinski definition) is 2. The number of carbonyl (C=O) groups is 1. The largest absolute Gasteiger partial charge is 0.369 e. The van der Waals surface area contributed by atoms with E-state index in [1.165, 1.54) is 19.3 Å². The van der Waals surface area contributed by atoms with Crippen LogP contribution in [0, 0.1) is 10.8 Å². The van der Waals surface area contributed by atoms with E-state index in [0.717, 1.165) is 0 Å². The molecular formula is C12H24N2O. The topological polar surface area (TPSA) is 55.1 Å². The van der Waals surface area contributed by atoms with Crippen LogP contribution in [0.3, 0.4) is 0 Å². The lowest BCUT2D eigenvalue weighted by molar-refractivity contribution is -0.125. The number of amides is 1. The van der Waals surface area contributed by atoms with E-state index in [1.807, 2.05) is 13.8 Å². The summed E-state index contributed by atoms with van der Waals surface area (Å²) in [5.41, 5.74) is 5.25. The van der Waals surface area contributed by atoms with Gasteiger partial charge < -0.3 is 11.1 Å². The Kier molecular flexibility index (Phi) is 3.44. The molecule has 0 aromatic rings. The number of primary amides is 1. The highest BCUT2D eigenvalue weighted by atomic mass is 16.1. The van der Waals surface area contributed by atoms with Gasteiger partial charge in [-0.2, -0.15) is 0 Å². The molecule has 1 fully saturated rings. The van der Waals surface area contributed by atoms with Crippen LogP contribution in [-0.2, 0) is 4.79 Å². The molecule has 15 heavy (non-hydrogen) atoms. The molecule has 0 spiro atoms. The highest BCUT2D eigenvalue weighted by molar-refractivity contribution is 5.80. The van der Waals surface area contributed by atoms with Crippen molar-refractivity contribution in [2.45, 2.75) is 53.0 Å². The van der Waals surface area contributed by atoms with Crippen LogP contribution < -0.4 is 11.1 Å². The first-order valence-corrected chi connectivity index (χ1v) is 5.79. The fraction of sp³-hybridized carbons (Fsp3) is 0.917. The SMILES string of the molecule is CC(C)(CNC1CCCC1(C)C)C(N)=O. The summed E-state index contributed by atoms with van der Waals surface area (Å²) in [4.78, 5) is 11.2. The second-order valence-electron chi connectivity index (χ2n) is 6.06. The lowest BCUT2D eigenvalue weighted by Gasteiger charge is -2.31. The number of hydrogen-bond donors (Lipinski definition) is 2. The maximum Gasteiger partial charge on any atom is 0.224 e. The zero-order chi connectivity index (χ0) is 11.7. The predicted octanol–water partition coefficient (Wildman–Crippen LogP) is 1.67. The van der Waals surface area contributed by atoms with Gasteiger partial charge in [0.2, 0.25) is 5.91 Å². The van der Waals surface area contributed by atoms with Crippen LogP contribution in [0.25, 0.3) is 0 Å². The van der Waals surface area contributed by atoms with Gasteiger partial charge in [0.1, 0.15) is 0 Å². The van der Waals surface area contributed by atoms with E-state index in [2.05, 4.69) is 19.2 Å². The smallest absolute Gasteiger partial charge is 0.224 e. The number of nitrogens with one attached hydrogen (secondary N) is 1. The molecule has 3 heteroatoms. The molecule has 0 aromatic carbocycles. The highest BCUT2D eigenvalue weighted by Crippen LogP contribution is 2.37. The second kappa shape index (κ2) is 4.12. The molecule has 0 saturated heterocycles. The van der Waals surface area contributed by atoms with E-state index in [-0.39, 0.29) is 5.91 Å². The first-order valence-electron chi connectivity index (χ1n) is 5.79. The molecule has 0 aliphatic heterocycles. The number of carbonyl (C=O) groups excluding carboxylic acids is 1. The summed E-state index contributed by atoms with van der Waals surface area (Å²) in [6.45, 7) is 9.04. The minimum absolute atomic E-state index is 0.231. The summed E-state index contributed by atoms with van der Waals surface area (Å²) in [6.07, 6.45) is 3.76. The van der Waals surface area contributed by atoms with Gasteiger partial charge in [-0.1, -0.05) is 20.3 Å². The van der Waals surface area contributed by atoms with Crippen molar-refractivity contribution in [3.8, 4) is 0 Å². The lowest BCUT2D eigenvalue weighted by atomic mass is 9.86. The first kappa shape index (κ1) is 12.5. The normalized spacial score (nSPS) is 25.5. The van der Waals surface area contributed by atoms with Gasteiger partial charge in [-0.3, -0.25) is 4.79 Å². The Morgan fingerprint density at radius 2 is 2.13 bits per heavy atom. The highest BCUT2D eigenvalue weighted by Gasteiger charge is 2.35. The van der Waals surface area contributed by atoms with Gasteiger partial charge in [-0.15, -0.1) is 0 Å². The van der Waals surface area contributed by atoms with Crippen LogP contribution in [-0.4, -0.2) is 18.5 Å². The molecule has 1 aliphatic carbocycles. The molecule has 88 valence electrons. The molecule has 1 aliphatic rings. The maximum absolute atomic E-state index is 11.2. The third-order valence-electron chi connectivity index (χ3n) is 3.71. The van der Waals surface area contributed by atoms with E-state index in [0.29, 0.717) is 18.0 Å². The molecule has 0 heterocycles. The molecule has 0 aromatic heterocycles. The standard InChI is InChI=1S/C12H24N2O/c1-11(2)7-5-6-9(11)14-8-12(3,4)10(13)15/h9,14H,5-8H2,1-4H3,(H2,13,15). The van der Waals surface area contributed by atoms with Crippen molar-refractivity contribution in [1.29, 1.82) is 0 Å². The van der Waals surface area contributed by atoms with Gasteiger partial charge >= 0.3 is 0 Å². The summed E-state index contributed by atoms with van der Waals surface area (Å²) >= 11 is 0. The summed E-state index contributed by atoms with van der Waals surface area (Å²) in [5.74, 6) is -0.231. The van der Waals surface area contributed by atoms with Gasteiger partial charge in [0.25, 0.3) is 0 Å². The van der Waals surface area contributed by atoms with Crippen LogP contribution >= 0.6 is 0 Å².